The van der Waals surface area contributed by atoms with Crippen LogP contribution >= 0.6 is 11.3 Å². The van der Waals surface area contributed by atoms with Crippen LogP contribution in [0.1, 0.15) is 21.8 Å². The van der Waals surface area contributed by atoms with Crippen molar-refractivity contribution in [3.8, 4) is 0 Å². The largest absolute Gasteiger partial charge is 0.419 e. The highest BCUT2D eigenvalue weighted by atomic mass is 32.1. The molecule has 0 unspecified atom stereocenters. The third-order valence-corrected chi connectivity index (χ3v) is 3.87. The van der Waals surface area contributed by atoms with Crippen molar-refractivity contribution in [1.82, 2.24) is 10.3 Å². The number of halogens is 4. The Kier molecular flexibility index (Phi) is 4.95. The van der Waals surface area contributed by atoms with E-state index in [-0.39, 0.29) is 6.54 Å². The maximum Gasteiger partial charge on any atom is 0.419 e. The number of benzene rings is 1. The first-order valence-electron chi connectivity index (χ1n) is 6.33. The van der Waals surface area contributed by atoms with Crippen LogP contribution in [-0.2, 0) is 19.1 Å². The highest BCUT2D eigenvalue weighted by Gasteiger charge is 2.34. The van der Waals surface area contributed by atoms with Gasteiger partial charge in [0.25, 0.3) is 0 Å². The molecule has 0 bridgehead atoms. The number of nitrogens with one attached hydrogen (secondary N) is 1. The third-order valence-electron chi connectivity index (χ3n) is 2.85. The Hall–Kier alpha value is -1.47. The van der Waals surface area contributed by atoms with Crippen LogP contribution in [-0.4, -0.2) is 11.5 Å². The topological polar surface area (TPSA) is 24.9 Å². The van der Waals surface area contributed by atoms with E-state index in [1.165, 1.54) is 6.07 Å². The number of rotatable bonds is 5. The Morgan fingerprint density at radius 3 is 2.67 bits per heavy atom. The van der Waals surface area contributed by atoms with Gasteiger partial charge in [-0.2, -0.15) is 13.2 Å². The Morgan fingerprint density at radius 1 is 1.29 bits per heavy atom. The molecule has 1 aromatic carbocycles. The molecular weight excluding hydrogens is 304 g/mol. The molecule has 2 rings (SSSR count). The van der Waals surface area contributed by atoms with Crippen molar-refractivity contribution < 1.29 is 17.6 Å². The molecular formula is C14H14F4N2S. The van der Waals surface area contributed by atoms with E-state index in [1.54, 1.807) is 11.3 Å². The van der Waals surface area contributed by atoms with Crippen molar-refractivity contribution in [3.63, 3.8) is 0 Å². The molecule has 0 aliphatic rings. The lowest BCUT2D eigenvalue weighted by Gasteiger charge is -2.10. The number of aromatic nitrogens is 1. The molecule has 1 aromatic heterocycles. The Labute approximate surface area is 123 Å². The van der Waals surface area contributed by atoms with Crippen molar-refractivity contribution in [2.75, 3.05) is 6.54 Å². The fourth-order valence-electron chi connectivity index (χ4n) is 1.85. The lowest BCUT2D eigenvalue weighted by Crippen LogP contribution is -2.17. The quantitative estimate of drug-likeness (QED) is 0.667. The van der Waals surface area contributed by atoms with Gasteiger partial charge in [0.1, 0.15) is 5.82 Å². The van der Waals surface area contributed by atoms with Gasteiger partial charge in [0, 0.05) is 30.6 Å². The van der Waals surface area contributed by atoms with Gasteiger partial charge in [-0.05, 0) is 24.6 Å². The molecule has 0 saturated carbocycles. The molecule has 1 N–H and O–H groups in total. The van der Waals surface area contributed by atoms with E-state index in [4.69, 9.17) is 0 Å². The summed E-state index contributed by atoms with van der Waals surface area (Å²) in [5.41, 5.74) is 0.139. The normalized spacial score (nSPS) is 11.9. The van der Waals surface area contributed by atoms with Crippen LogP contribution in [0.5, 0.6) is 0 Å². The standard InChI is InChI=1S/C14H14F4N2S/c1-9-8-21-13(20-9)4-5-19-7-10-2-3-12(15)11(6-10)14(16,17)18/h2-3,6,8,19H,4-5,7H2,1H3. The van der Waals surface area contributed by atoms with E-state index < -0.39 is 17.6 Å². The van der Waals surface area contributed by atoms with Gasteiger partial charge in [0.05, 0.1) is 10.6 Å². The number of thiazole rings is 1. The first-order valence-corrected chi connectivity index (χ1v) is 7.21. The first kappa shape index (κ1) is 15.9. The molecule has 0 amide bonds. The fraction of sp³-hybridized carbons (Fsp3) is 0.357. The number of hydrogen-bond donors (Lipinski definition) is 1. The van der Waals surface area contributed by atoms with Crippen molar-refractivity contribution in [3.05, 3.63) is 51.2 Å². The summed E-state index contributed by atoms with van der Waals surface area (Å²) in [6.45, 7) is 2.77. The molecule has 0 aliphatic carbocycles. The summed E-state index contributed by atoms with van der Waals surface area (Å²) in [6, 6.07) is 3.05. The minimum Gasteiger partial charge on any atom is -0.312 e. The van der Waals surface area contributed by atoms with Crippen molar-refractivity contribution in [2.45, 2.75) is 26.1 Å². The van der Waals surface area contributed by atoms with E-state index in [9.17, 15) is 17.6 Å². The van der Waals surface area contributed by atoms with Gasteiger partial charge in [0.15, 0.2) is 0 Å². The summed E-state index contributed by atoms with van der Waals surface area (Å²) in [6.07, 6.45) is -3.95. The molecule has 1 heterocycles. The molecule has 0 fully saturated rings. The minimum absolute atomic E-state index is 0.258. The van der Waals surface area contributed by atoms with Crippen LogP contribution in [0.25, 0.3) is 0 Å². The van der Waals surface area contributed by atoms with Crippen LogP contribution in [0, 0.1) is 12.7 Å². The van der Waals surface area contributed by atoms with Gasteiger partial charge < -0.3 is 5.32 Å². The van der Waals surface area contributed by atoms with Gasteiger partial charge in [-0.3, -0.25) is 0 Å². The predicted molar refractivity (Wildman–Crippen MR) is 73.7 cm³/mol. The third kappa shape index (κ3) is 4.50. The average Bonchev–Trinajstić information content (AvgIpc) is 2.81. The molecule has 0 aliphatic heterocycles. The Balaban J connectivity index is 1.89. The lowest BCUT2D eigenvalue weighted by molar-refractivity contribution is -0.140. The zero-order chi connectivity index (χ0) is 15.5. The van der Waals surface area contributed by atoms with Crippen molar-refractivity contribution >= 4 is 11.3 Å². The van der Waals surface area contributed by atoms with Gasteiger partial charge in [0.2, 0.25) is 0 Å². The molecule has 0 saturated heterocycles. The summed E-state index contributed by atoms with van der Waals surface area (Å²) in [5, 5.41) is 5.97. The van der Waals surface area contributed by atoms with Crippen LogP contribution in [0.4, 0.5) is 17.6 Å². The Bertz CT molecular complexity index is 607. The van der Waals surface area contributed by atoms with Gasteiger partial charge in [-0.25, -0.2) is 9.37 Å². The number of hydrogen-bond acceptors (Lipinski definition) is 3. The van der Waals surface area contributed by atoms with E-state index >= 15 is 0 Å². The molecule has 2 nitrogen and oxygen atoms in total. The van der Waals surface area contributed by atoms with E-state index in [2.05, 4.69) is 10.3 Å². The summed E-state index contributed by atoms with van der Waals surface area (Å²) in [4.78, 5) is 4.29. The molecule has 0 spiro atoms. The Morgan fingerprint density at radius 2 is 2.05 bits per heavy atom. The molecule has 2 aromatic rings. The summed E-state index contributed by atoms with van der Waals surface area (Å²) in [5.74, 6) is -1.25. The summed E-state index contributed by atoms with van der Waals surface area (Å²) >= 11 is 1.55. The molecule has 0 atom stereocenters. The SMILES string of the molecule is Cc1csc(CCNCc2ccc(F)c(C(F)(F)F)c2)n1. The number of nitrogens with zero attached hydrogens (tertiary/aromatic N) is 1. The second-order valence-electron chi connectivity index (χ2n) is 4.62. The predicted octanol–water partition coefficient (Wildman–Crippen LogP) is 3.94. The second-order valence-corrected chi connectivity index (χ2v) is 5.56. The highest BCUT2D eigenvalue weighted by molar-refractivity contribution is 7.09. The van der Waals surface area contributed by atoms with E-state index in [1.807, 2.05) is 12.3 Å². The van der Waals surface area contributed by atoms with Gasteiger partial charge in [-0.15, -0.1) is 11.3 Å². The molecule has 7 heteroatoms. The van der Waals surface area contributed by atoms with E-state index in [0.717, 1.165) is 22.8 Å². The first-order chi connectivity index (χ1) is 9.86. The smallest absolute Gasteiger partial charge is 0.312 e. The number of aryl methyl sites for hydroxylation is 1. The second kappa shape index (κ2) is 6.53. The van der Waals surface area contributed by atoms with Crippen LogP contribution in [0.2, 0.25) is 0 Å². The zero-order valence-electron chi connectivity index (χ0n) is 11.3. The van der Waals surface area contributed by atoms with Crippen molar-refractivity contribution in [2.24, 2.45) is 0 Å². The molecule has 0 radical (unpaired) electrons. The van der Waals surface area contributed by atoms with Crippen molar-refractivity contribution in [1.29, 1.82) is 0 Å². The average molecular weight is 318 g/mol. The maximum absolute atomic E-state index is 13.1. The minimum atomic E-state index is -4.67. The van der Waals surface area contributed by atoms with Crippen LogP contribution < -0.4 is 5.32 Å². The fourth-order valence-corrected chi connectivity index (χ4v) is 2.62. The van der Waals surface area contributed by atoms with Crippen LogP contribution in [0.15, 0.2) is 23.6 Å². The molecule has 114 valence electrons. The summed E-state index contributed by atoms with van der Waals surface area (Å²) < 4.78 is 50.9. The van der Waals surface area contributed by atoms with E-state index in [0.29, 0.717) is 18.5 Å². The van der Waals surface area contributed by atoms with Crippen LogP contribution in [0.3, 0.4) is 0 Å². The lowest BCUT2D eigenvalue weighted by atomic mass is 10.1. The zero-order valence-corrected chi connectivity index (χ0v) is 12.1. The molecule has 21 heavy (non-hydrogen) atoms. The number of alkyl halides is 3. The summed E-state index contributed by atoms with van der Waals surface area (Å²) in [7, 11) is 0. The maximum atomic E-state index is 13.1. The monoisotopic (exact) mass is 318 g/mol. The van der Waals surface area contributed by atoms with Gasteiger partial charge >= 0.3 is 6.18 Å². The van der Waals surface area contributed by atoms with Gasteiger partial charge in [-0.1, -0.05) is 6.07 Å². The highest BCUT2D eigenvalue weighted by Crippen LogP contribution is 2.31.